The van der Waals surface area contributed by atoms with Crippen LogP contribution >= 0.6 is 27.5 Å². The summed E-state index contributed by atoms with van der Waals surface area (Å²) < 4.78 is 24.8. The molecule has 0 atom stereocenters. The van der Waals surface area contributed by atoms with Crippen molar-refractivity contribution in [3.05, 3.63) is 21.8 Å². The molecule has 1 aromatic rings. The van der Waals surface area contributed by atoms with E-state index in [-0.39, 0.29) is 0 Å². The van der Waals surface area contributed by atoms with Crippen molar-refractivity contribution in [1.29, 1.82) is 0 Å². The van der Waals surface area contributed by atoms with Gasteiger partial charge in [-0.25, -0.2) is 18.1 Å². The molecule has 0 bridgehead atoms. The van der Waals surface area contributed by atoms with Crippen molar-refractivity contribution in [2.45, 2.75) is 6.42 Å². The molecule has 0 radical (unpaired) electrons. The number of hydrogen-bond acceptors (Lipinski definition) is 4. The van der Waals surface area contributed by atoms with E-state index < -0.39 is 10.0 Å². The maximum Gasteiger partial charge on any atom is 0.208 e. The molecule has 0 saturated heterocycles. The predicted molar refractivity (Wildman–Crippen MR) is 72.9 cm³/mol. The summed E-state index contributed by atoms with van der Waals surface area (Å²) in [5.41, 5.74) is 0. The minimum atomic E-state index is -3.11. The minimum absolute atomic E-state index is 0.389. The zero-order chi connectivity index (χ0) is 12.9. The Balaban J connectivity index is 2.32. The Hall–Kier alpha value is -0.370. The van der Waals surface area contributed by atoms with Crippen molar-refractivity contribution < 1.29 is 8.42 Å². The average molecular weight is 343 g/mol. The first-order chi connectivity index (χ1) is 7.88. The van der Waals surface area contributed by atoms with Crippen LogP contribution in [-0.4, -0.2) is 32.7 Å². The van der Waals surface area contributed by atoms with Gasteiger partial charge in [-0.15, -0.1) is 0 Å². The molecule has 2 N–H and O–H groups in total. The van der Waals surface area contributed by atoms with Gasteiger partial charge in [-0.05, 0) is 28.4 Å². The SMILES string of the molecule is CS(=O)(=O)NCCCNc1ncc(Br)cc1Cl. The van der Waals surface area contributed by atoms with Gasteiger partial charge in [0.1, 0.15) is 5.82 Å². The van der Waals surface area contributed by atoms with Gasteiger partial charge in [-0.2, -0.15) is 0 Å². The predicted octanol–water partition coefficient (Wildman–Crippen LogP) is 1.85. The summed E-state index contributed by atoms with van der Waals surface area (Å²) in [5.74, 6) is 0.592. The number of nitrogens with one attached hydrogen (secondary N) is 2. The minimum Gasteiger partial charge on any atom is -0.369 e. The maximum atomic E-state index is 10.8. The molecule has 0 spiro atoms. The van der Waals surface area contributed by atoms with Crippen molar-refractivity contribution in [2.24, 2.45) is 0 Å². The highest BCUT2D eigenvalue weighted by atomic mass is 79.9. The third kappa shape index (κ3) is 6.21. The number of nitrogens with zero attached hydrogens (tertiary/aromatic N) is 1. The molecule has 1 aromatic heterocycles. The first kappa shape index (κ1) is 14.7. The number of halogens is 2. The zero-order valence-corrected chi connectivity index (χ0v) is 12.4. The molecule has 0 aliphatic rings. The van der Waals surface area contributed by atoms with E-state index in [1.165, 1.54) is 0 Å². The van der Waals surface area contributed by atoms with E-state index in [9.17, 15) is 8.42 Å². The second-order valence-electron chi connectivity index (χ2n) is 3.43. The van der Waals surface area contributed by atoms with Crippen LogP contribution in [0.3, 0.4) is 0 Å². The molecule has 17 heavy (non-hydrogen) atoms. The lowest BCUT2D eigenvalue weighted by molar-refractivity contribution is 0.586. The summed E-state index contributed by atoms with van der Waals surface area (Å²) in [6.45, 7) is 0.983. The maximum absolute atomic E-state index is 10.8. The van der Waals surface area contributed by atoms with Crippen molar-refractivity contribution in [1.82, 2.24) is 9.71 Å². The highest BCUT2D eigenvalue weighted by molar-refractivity contribution is 9.10. The standard InChI is InChI=1S/C9H13BrClN3O2S/c1-17(15,16)14-4-2-3-12-9-8(11)5-7(10)6-13-9/h5-6,14H,2-4H2,1H3,(H,12,13). The molecule has 1 heterocycles. The summed E-state index contributed by atoms with van der Waals surface area (Å²) >= 11 is 9.21. The van der Waals surface area contributed by atoms with E-state index in [2.05, 4.69) is 31.0 Å². The Labute approximate surface area is 114 Å². The Bertz CT molecular complexity index is 481. The Morgan fingerprint density at radius 3 is 2.76 bits per heavy atom. The molecule has 0 aliphatic heterocycles. The number of rotatable bonds is 6. The quantitative estimate of drug-likeness (QED) is 0.774. The largest absolute Gasteiger partial charge is 0.369 e. The molecule has 0 aliphatic carbocycles. The van der Waals surface area contributed by atoms with Gasteiger partial charge in [0.25, 0.3) is 0 Å². The van der Waals surface area contributed by atoms with Crippen LogP contribution in [0.2, 0.25) is 5.02 Å². The summed E-state index contributed by atoms with van der Waals surface area (Å²) in [5, 5.41) is 3.55. The number of hydrogen-bond donors (Lipinski definition) is 2. The van der Waals surface area contributed by atoms with Crippen LogP contribution in [0.5, 0.6) is 0 Å². The van der Waals surface area contributed by atoms with E-state index in [4.69, 9.17) is 11.6 Å². The first-order valence-electron chi connectivity index (χ1n) is 4.88. The molecule has 96 valence electrons. The highest BCUT2D eigenvalue weighted by Crippen LogP contribution is 2.22. The molecule has 0 aromatic carbocycles. The van der Waals surface area contributed by atoms with Gasteiger partial charge in [-0.1, -0.05) is 11.6 Å². The van der Waals surface area contributed by atoms with Crippen LogP contribution in [0.15, 0.2) is 16.7 Å². The van der Waals surface area contributed by atoms with Crippen LogP contribution in [0.1, 0.15) is 6.42 Å². The van der Waals surface area contributed by atoms with Gasteiger partial charge in [0.15, 0.2) is 0 Å². The molecule has 0 unspecified atom stereocenters. The van der Waals surface area contributed by atoms with E-state index >= 15 is 0 Å². The van der Waals surface area contributed by atoms with Gasteiger partial charge in [0, 0.05) is 23.8 Å². The highest BCUT2D eigenvalue weighted by Gasteiger charge is 2.02. The second-order valence-corrected chi connectivity index (χ2v) is 6.59. The number of sulfonamides is 1. The summed E-state index contributed by atoms with van der Waals surface area (Å²) in [7, 11) is -3.11. The zero-order valence-electron chi connectivity index (χ0n) is 9.20. The third-order valence-electron chi connectivity index (χ3n) is 1.82. The van der Waals surface area contributed by atoms with Crippen LogP contribution in [0, 0.1) is 0 Å². The molecular formula is C9H13BrClN3O2S. The molecule has 0 saturated carbocycles. The number of aromatic nitrogens is 1. The van der Waals surface area contributed by atoms with Crippen molar-refractivity contribution in [2.75, 3.05) is 24.7 Å². The Morgan fingerprint density at radius 1 is 1.47 bits per heavy atom. The molecule has 0 fully saturated rings. The lowest BCUT2D eigenvalue weighted by Gasteiger charge is -2.07. The second kappa shape index (κ2) is 6.53. The van der Waals surface area contributed by atoms with Crippen molar-refractivity contribution in [3.8, 4) is 0 Å². The fraction of sp³-hybridized carbons (Fsp3) is 0.444. The summed E-state index contributed by atoms with van der Waals surface area (Å²) in [6.07, 6.45) is 3.43. The molecule has 8 heteroatoms. The Kier molecular flexibility index (Phi) is 5.64. The van der Waals surface area contributed by atoms with Crippen LogP contribution in [-0.2, 0) is 10.0 Å². The summed E-state index contributed by atoms with van der Waals surface area (Å²) in [4.78, 5) is 4.10. The normalized spacial score (nSPS) is 11.5. The molecule has 0 amide bonds. The van der Waals surface area contributed by atoms with Gasteiger partial charge in [0.05, 0.1) is 11.3 Å². The Morgan fingerprint density at radius 2 is 2.18 bits per heavy atom. The molecule has 1 rings (SSSR count). The first-order valence-corrected chi connectivity index (χ1v) is 7.94. The van der Waals surface area contributed by atoms with Crippen LogP contribution < -0.4 is 10.0 Å². The van der Waals surface area contributed by atoms with E-state index in [0.29, 0.717) is 30.4 Å². The smallest absolute Gasteiger partial charge is 0.208 e. The fourth-order valence-corrected chi connectivity index (χ4v) is 2.31. The van der Waals surface area contributed by atoms with E-state index in [1.54, 1.807) is 12.3 Å². The van der Waals surface area contributed by atoms with Gasteiger partial charge < -0.3 is 5.32 Å². The van der Waals surface area contributed by atoms with Crippen molar-refractivity contribution in [3.63, 3.8) is 0 Å². The summed E-state index contributed by atoms with van der Waals surface area (Å²) in [6, 6.07) is 1.74. The van der Waals surface area contributed by atoms with Crippen LogP contribution in [0.4, 0.5) is 5.82 Å². The van der Waals surface area contributed by atoms with Gasteiger partial charge >= 0.3 is 0 Å². The average Bonchev–Trinajstić information content (AvgIpc) is 2.18. The molecule has 5 nitrogen and oxygen atoms in total. The van der Waals surface area contributed by atoms with Crippen molar-refractivity contribution >= 4 is 43.4 Å². The third-order valence-corrected chi connectivity index (χ3v) is 3.27. The number of anilines is 1. The lowest BCUT2D eigenvalue weighted by atomic mass is 10.4. The monoisotopic (exact) mass is 341 g/mol. The fourth-order valence-electron chi connectivity index (χ4n) is 1.10. The lowest BCUT2D eigenvalue weighted by Crippen LogP contribution is -2.24. The van der Waals surface area contributed by atoms with E-state index in [0.717, 1.165) is 10.7 Å². The topological polar surface area (TPSA) is 71.1 Å². The van der Waals surface area contributed by atoms with Crippen LogP contribution in [0.25, 0.3) is 0 Å². The number of pyridine rings is 1. The molecular weight excluding hydrogens is 330 g/mol. The van der Waals surface area contributed by atoms with Gasteiger partial charge in [-0.3, -0.25) is 0 Å². The van der Waals surface area contributed by atoms with E-state index in [1.807, 2.05) is 0 Å². The van der Waals surface area contributed by atoms with Gasteiger partial charge in [0.2, 0.25) is 10.0 Å².